The van der Waals surface area contributed by atoms with Crippen LogP contribution in [-0.4, -0.2) is 53.2 Å². The number of carbonyl (C=O) groups is 1. The molecule has 0 bridgehead atoms. The van der Waals surface area contributed by atoms with Crippen molar-refractivity contribution in [3.8, 4) is 0 Å². The Kier molecular flexibility index (Phi) is 4.72. The number of aromatic nitrogens is 2. The van der Waals surface area contributed by atoms with Crippen molar-refractivity contribution in [2.45, 2.75) is 38.3 Å². The molecule has 0 radical (unpaired) electrons. The Hall–Kier alpha value is -2.47. The molecule has 146 valence electrons. The summed E-state index contributed by atoms with van der Waals surface area (Å²) in [7, 11) is 0. The molecule has 1 aromatic heterocycles. The summed E-state index contributed by atoms with van der Waals surface area (Å²) in [5, 5.41) is 11.6. The Labute approximate surface area is 165 Å². The van der Waals surface area contributed by atoms with Crippen molar-refractivity contribution in [1.29, 1.82) is 0 Å². The Morgan fingerprint density at radius 3 is 2.82 bits per heavy atom. The van der Waals surface area contributed by atoms with Crippen LogP contribution in [0.15, 0.2) is 36.4 Å². The number of fused-ring (bicyclic) bond motifs is 3. The van der Waals surface area contributed by atoms with Crippen LogP contribution in [0.2, 0.25) is 0 Å². The van der Waals surface area contributed by atoms with Crippen LogP contribution in [0.25, 0.3) is 0 Å². The van der Waals surface area contributed by atoms with E-state index in [1.807, 2.05) is 6.07 Å². The minimum absolute atomic E-state index is 0.0912. The van der Waals surface area contributed by atoms with Gasteiger partial charge in [0.25, 0.3) is 5.91 Å². The maximum atomic E-state index is 12.4. The monoisotopic (exact) mass is 377 g/mol. The summed E-state index contributed by atoms with van der Waals surface area (Å²) < 4.78 is 0. The van der Waals surface area contributed by atoms with Gasteiger partial charge in [-0.25, -0.2) is 0 Å². The van der Waals surface area contributed by atoms with Gasteiger partial charge >= 0.3 is 0 Å². The highest BCUT2D eigenvalue weighted by Crippen LogP contribution is 2.33. The largest absolute Gasteiger partial charge is 0.351 e. The molecule has 6 nitrogen and oxygen atoms in total. The molecule has 0 spiro atoms. The van der Waals surface area contributed by atoms with Crippen LogP contribution in [-0.2, 0) is 13.0 Å². The van der Waals surface area contributed by atoms with Gasteiger partial charge in [-0.1, -0.05) is 43.2 Å². The molecule has 1 amide bonds. The third-order valence-electron chi connectivity index (χ3n) is 6.16. The summed E-state index contributed by atoms with van der Waals surface area (Å²) in [4.78, 5) is 17.3. The Bertz CT molecular complexity index is 851. The first-order valence-electron chi connectivity index (χ1n) is 10.4. The van der Waals surface area contributed by atoms with Crippen LogP contribution < -0.4 is 10.2 Å². The van der Waals surface area contributed by atoms with E-state index in [4.69, 9.17) is 0 Å². The summed E-state index contributed by atoms with van der Waals surface area (Å²) in [6.45, 7) is 4.74. The molecule has 28 heavy (non-hydrogen) atoms. The predicted molar refractivity (Wildman–Crippen MR) is 108 cm³/mol. The van der Waals surface area contributed by atoms with Crippen LogP contribution in [0.1, 0.15) is 40.9 Å². The van der Waals surface area contributed by atoms with E-state index in [0.717, 1.165) is 62.9 Å². The molecule has 3 aliphatic rings. The molecule has 1 saturated carbocycles. The fourth-order valence-electron chi connectivity index (χ4n) is 4.43. The zero-order valence-corrected chi connectivity index (χ0v) is 16.2. The molecule has 6 heteroatoms. The molecule has 2 aliphatic heterocycles. The van der Waals surface area contributed by atoms with Crippen molar-refractivity contribution in [3.05, 3.63) is 53.2 Å². The maximum absolute atomic E-state index is 12.4. The number of amides is 1. The molecule has 2 aromatic rings. The molecule has 3 heterocycles. The standard InChI is InChI=1S/C22H27N5O/c28-22(23-9-8-16-6-7-16)20-13-18-12-19-15-26(14-17-4-2-1-3-5-17)10-11-27(19)21(18)25-24-20/h1-5,13,16,19H,6-12,14-15H2,(H,23,28). The lowest BCUT2D eigenvalue weighted by Crippen LogP contribution is -2.51. The number of nitrogens with zero attached hydrogens (tertiary/aromatic N) is 4. The summed E-state index contributed by atoms with van der Waals surface area (Å²) in [5.41, 5.74) is 2.97. The van der Waals surface area contributed by atoms with E-state index in [-0.39, 0.29) is 5.91 Å². The van der Waals surface area contributed by atoms with Crippen molar-refractivity contribution in [1.82, 2.24) is 20.4 Å². The highest BCUT2D eigenvalue weighted by Gasteiger charge is 2.36. The third-order valence-corrected chi connectivity index (χ3v) is 6.16. The van der Waals surface area contributed by atoms with Crippen LogP contribution in [0, 0.1) is 5.92 Å². The molecular formula is C22H27N5O. The van der Waals surface area contributed by atoms with Gasteiger partial charge in [0.1, 0.15) is 0 Å². The lowest BCUT2D eigenvalue weighted by Gasteiger charge is -2.38. The maximum Gasteiger partial charge on any atom is 0.271 e. The van der Waals surface area contributed by atoms with Crippen molar-refractivity contribution in [2.75, 3.05) is 31.1 Å². The Morgan fingerprint density at radius 2 is 2.00 bits per heavy atom. The quantitative estimate of drug-likeness (QED) is 0.837. The zero-order valence-electron chi connectivity index (χ0n) is 16.2. The number of piperazine rings is 1. The van der Waals surface area contributed by atoms with E-state index in [1.165, 1.54) is 18.4 Å². The Morgan fingerprint density at radius 1 is 1.14 bits per heavy atom. The summed E-state index contributed by atoms with van der Waals surface area (Å²) in [5.74, 6) is 1.70. The summed E-state index contributed by atoms with van der Waals surface area (Å²) in [6.07, 6.45) is 4.65. The van der Waals surface area contributed by atoms with Crippen molar-refractivity contribution in [3.63, 3.8) is 0 Å². The topological polar surface area (TPSA) is 61.4 Å². The van der Waals surface area contributed by atoms with Gasteiger partial charge in [0.05, 0.1) is 0 Å². The van der Waals surface area contributed by atoms with E-state index in [2.05, 4.69) is 55.6 Å². The van der Waals surface area contributed by atoms with E-state index < -0.39 is 0 Å². The van der Waals surface area contributed by atoms with Gasteiger partial charge in [0.15, 0.2) is 11.5 Å². The minimum atomic E-state index is -0.0912. The van der Waals surface area contributed by atoms with Gasteiger partial charge in [-0.15, -0.1) is 10.2 Å². The van der Waals surface area contributed by atoms with Gasteiger partial charge in [-0.2, -0.15) is 0 Å². The van der Waals surface area contributed by atoms with E-state index >= 15 is 0 Å². The van der Waals surface area contributed by atoms with Gasteiger partial charge in [-0.05, 0) is 30.4 Å². The number of benzene rings is 1. The fraction of sp³-hybridized carbons (Fsp3) is 0.500. The van der Waals surface area contributed by atoms with E-state index in [1.54, 1.807) is 0 Å². The average Bonchev–Trinajstić information content (AvgIpc) is 3.47. The predicted octanol–water partition coefficient (Wildman–Crippen LogP) is 2.25. The normalized spacial score (nSPS) is 21.3. The van der Waals surface area contributed by atoms with Crippen molar-refractivity contribution in [2.24, 2.45) is 5.92 Å². The second kappa shape index (κ2) is 7.51. The number of hydrogen-bond acceptors (Lipinski definition) is 5. The number of rotatable bonds is 6. The van der Waals surface area contributed by atoms with Crippen LogP contribution >= 0.6 is 0 Å². The van der Waals surface area contributed by atoms with Gasteiger partial charge in [0.2, 0.25) is 0 Å². The molecule has 5 rings (SSSR count). The zero-order chi connectivity index (χ0) is 18.9. The van der Waals surface area contributed by atoms with Gasteiger partial charge in [-0.3, -0.25) is 9.69 Å². The molecule has 1 aromatic carbocycles. The number of carbonyl (C=O) groups excluding carboxylic acids is 1. The van der Waals surface area contributed by atoms with Crippen LogP contribution in [0.3, 0.4) is 0 Å². The molecule has 2 fully saturated rings. The number of nitrogens with one attached hydrogen (secondary N) is 1. The molecule has 1 saturated heterocycles. The summed E-state index contributed by atoms with van der Waals surface area (Å²) >= 11 is 0. The van der Waals surface area contributed by atoms with Crippen LogP contribution in [0.4, 0.5) is 5.82 Å². The molecule has 1 N–H and O–H groups in total. The first kappa shape index (κ1) is 17.6. The number of hydrogen-bond donors (Lipinski definition) is 1. The van der Waals surface area contributed by atoms with Gasteiger partial charge in [0, 0.05) is 44.3 Å². The molecule has 1 aliphatic carbocycles. The highest BCUT2D eigenvalue weighted by molar-refractivity contribution is 5.92. The Balaban J connectivity index is 1.21. The summed E-state index contributed by atoms with van der Waals surface area (Å²) in [6, 6.07) is 13.0. The van der Waals surface area contributed by atoms with E-state index in [9.17, 15) is 4.79 Å². The lowest BCUT2D eigenvalue weighted by atomic mass is 10.1. The van der Waals surface area contributed by atoms with Crippen LogP contribution in [0.5, 0.6) is 0 Å². The van der Waals surface area contributed by atoms with Crippen molar-refractivity contribution < 1.29 is 4.79 Å². The first-order chi connectivity index (χ1) is 13.8. The molecule has 1 atom stereocenters. The van der Waals surface area contributed by atoms with E-state index in [0.29, 0.717) is 11.7 Å². The molecular weight excluding hydrogens is 350 g/mol. The van der Waals surface area contributed by atoms with Gasteiger partial charge < -0.3 is 10.2 Å². The first-order valence-corrected chi connectivity index (χ1v) is 10.4. The lowest BCUT2D eigenvalue weighted by molar-refractivity contribution is 0.0946. The number of anilines is 1. The third kappa shape index (κ3) is 3.74. The molecule has 1 unspecified atom stereocenters. The second-order valence-corrected chi connectivity index (χ2v) is 8.34. The minimum Gasteiger partial charge on any atom is -0.351 e. The average molecular weight is 377 g/mol. The highest BCUT2D eigenvalue weighted by atomic mass is 16.1. The second-order valence-electron chi connectivity index (χ2n) is 8.34. The van der Waals surface area contributed by atoms with Crippen molar-refractivity contribution >= 4 is 11.7 Å². The SMILES string of the molecule is O=C(NCCC1CC1)c1cc2c(nn1)N1CCN(Cc3ccccc3)CC1C2. The fourth-order valence-corrected chi connectivity index (χ4v) is 4.43. The smallest absolute Gasteiger partial charge is 0.271 e.